The molecule has 0 bridgehead atoms. The van der Waals surface area contributed by atoms with E-state index in [1.165, 1.54) is 0 Å². The van der Waals surface area contributed by atoms with Gasteiger partial charge in [-0.25, -0.2) is 0 Å². The van der Waals surface area contributed by atoms with Crippen molar-refractivity contribution in [3.8, 4) is 5.75 Å². The standard InChI is InChI=1S/C10H6N2O8S.Ba/c13-10-7-3-5(21(18,19)20)1-2-6(7)8(11(14)15)4-9(10)12(16)17;/h1-4,13H,(H,18,19,20);. The molecule has 0 heterocycles. The van der Waals surface area contributed by atoms with Crippen molar-refractivity contribution in [3.63, 3.8) is 0 Å². The van der Waals surface area contributed by atoms with E-state index in [1.807, 2.05) is 0 Å². The van der Waals surface area contributed by atoms with Crippen LogP contribution in [0.1, 0.15) is 0 Å². The Morgan fingerprint density at radius 2 is 1.50 bits per heavy atom. The van der Waals surface area contributed by atoms with Gasteiger partial charge in [-0.05, 0) is 18.2 Å². The Balaban J connectivity index is 0.00000242. The van der Waals surface area contributed by atoms with Crippen molar-refractivity contribution in [2.45, 2.75) is 4.90 Å². The maximum atomic E-state index is 11.0. The molecule has 2 aromatic rings. The Morgan fingerprint density at radius 1 is 0.955 bits per heavy atom. The van der Waals surface area contributed by atoms with Crippen molar-refractivity contribution in [1.82, 2.24) is 0 Å². The van der Waals surface area contributed by atoms with Crippen LogP contribution < -0.4 is 0 Å². The van der Waals surface area contributed by atoms with Gasteiger partial charge in [-0.2, -0.15) is 8.42 Å². The van der Waals surface area contributed by atoms with E-state index in [9.17, 15) is 33.8 Å². The van der Waals surface area contributed by atoms with E-state index >= 15 is 0 Å². The fourth-order valence-corrected chi connectivity index (χ4v) is 2.31. The molecule has 112 valence electrons. The minimum atomic E-state index is -4.63. The van der Waals surface area contributed by atoms with Crippen LogP contribution in [0.25, 0.3) is 10.8 Å². The number of hydrogen-bond donors (Lipinski definition) is 2. The van der Waals surface area contributed by atoms with E-state index in [1.54, 1.807) is 0 Å². The summed E-state index contributed by atoms with van der Waals surface area (Å²) < 4.78 is 31.0. The molecule has 0 aliphatic heterocycles. The van der Waals surface area contributed by atoms with Crippen molar-refractivity contribution in [3.05, 3.63) is 44.5 Å². The van der Waals surface area contributed by atoms with Crippen molar-refractivity contribution in [2.24, 2.45) is 0 Å². The van der Waals surface area contributed by atoms with Gasteiger partial charge in [-0.15, -0.1) is 0 Å². The number of phenolic OH excluding ortho intramolecular Hbond substituents is 1. The largest absolute Gasteiger partial charge is 0.502 e. The summed E-state index contributed by atoms with van der Waals surface area (Å²) in [6.07, 6.45) is 0. The normalized spacial score (nSPS) is 11.0. The minimum absolute atomic E-state index is 0. The number of rotatable bonds is 3. The summed E-state index contributed by atoms with van der Waals surface area (Å²) in [6.45, 7) is 0. The fourth-order valence-electron chi connectivity index (χ4n) is 1.81. The van der Waals surface area contributed by atoms with E-state index < -0.39 is 47.4 Å². The van der Waals surface area contributed by atoms with Crippen LogP contribution in [0.2, 0.25) is 0 Å². The minimum Gasteiger partial charge on any atom is -0.502 e. The topological polar surface area (TPSA) is 161 Å². The van der Waals surface area contributed by atoms with Crippen molar-refractivity contribution >= 4 is 81.1 Å². The molecule has 2 N–H and O–H groups in total. The zero-order chi connectivity index (χ0) is 15.9. The number of fused-ring (bicyclic) bond motifs is 1. The van der Waals surface area contributed by atoms with Crippen molar-refractivity contribution in [1.29, 1.82) is 0 Å². The SMILES string of the molecule is O=[N+]([O-])c1cc([N+](=O)[O-])c2ccc(S(=O)(=O)O)cc2c1O.[Ba]. The molecular weight excluding hydrogens is 446 g/mol. The van der Waals surface area contributed by atoms with E-state index in [-0.39, 0.29) is 54.3 Å². The fraction of sp³-hybridized carbons (Fsp3) is 0. The number of hydrogen-bond acceptors (Lipinski definition) is 7. The Labute approximate surface area is 162 Å². The van der Waals surface area contributed by atoms with Crippen LogP contribution in [0, 0.1) is 20.2 Å². The van der Waals surface area contributed by atoms with E-state index in [4.69, 9.17) is 4.55 Å². The summed E-state index contributed by atoms with van der Waals surface area (Å²) in [5, 5.41) is 30.8. The van der Waals surface area contributed by atoms with Gasteiger partial charge in [0.05, 0.1) is 26.2 Å². The predicted molar refractivity (Wildman–Crippen MR) is 74.5 cm³/mol. The molecule has 0 saturated heterocycles. The molecule has 0 unspecified atom stereocenters. The average Bonchev–Trinajstić information content (AvgIpc) is 2.36. The molecule has 12 heteroatoms. The van der Waals surface area contributed by atoms with Gasteiger partial charge >= 0.3 is 5.69 Å². The Morgan fingerprint density at radius 3 is 1.95 bits per heavy atom. The summed E-state index contributed by atoms with van der Waals surface area (Å²) >= 11 is 0. The number of nitro groups is 2. The molecule has 0 aliphatic carbocycles. The Kier molecular flexibility index (Phi) is 5.56. The molecule has 0 fully saturated rings. The maximum absolute atomic E-state index is 11.0. The summed E-state index contributed by atoms with van der Waals surface area (Å²) in [4.78, 5) is 19.1. The number of phenols is 1. The zero-order valence-electron chi connectivity index (χ0n) is 10.7. The molecule has 22 heavy (non-hydrogen) atoms. The first-order valence-corrected chi connectivity index (χ1v) is 6.63. The van der Waals surface area contributed by atoms with Crippen LogP contribution >= 0.6 is 0 Å². The summed E-state index contributed by atoms with van der Waals surface area (Å²) in [5.74, 6) is -0.925. The molecule has 0 amide bonds. The van der Waals surface area contributed by atoms with Gasteiger partial charge in [0.15, 0.2) is 0 Å². The Hall–Kier alpha value is -1.22. The van der Waals surface area contributed by atoms with Crippen molar-refractivity contribution in [2.75, 3.05) is 0 Å². The smallest absolute Gasteiger partial charge is 0.318 e. The molecule has 2 radical (unpaired) electrons. The van der Waals surface area contributed by atoms with Gasteiger partial charge in [-0.1, -0.05) is 0 Å². The average molecular weight is 452 g/mol. The van der Waals surface area contributed by atoms with Gasteiger partial charge in [0.2, 0.25) is 5.75 Å². The summed E-state index contributed by atoms with van der Waals surface area (Å²) in [7, 11) is -4.63. The second-order valence-corrected chi connectivity index (χ2v) is 5.38. The number of benzene rings is 2. The zero-order valence-corrected chi connectivity index (χ0v) is 15.9. The van der Waals surface area contributed by atoms with Crippen LogP contribution in [-0.2, 0) is 10.1 Å². The third-order valence-corrected chi connectivity index (χ3v) is 3.58. The first-order chi connectivity index (χ1) is 9.62. The van der Waals surface area contributed by atoms with Gasteiger partial charge in [0.1, 0.15) is 0 Å². The second-order valence-electron chi connectivity index (χ2n) is 3.96. The van der Waals surface area contributed by atoms with Gasteiger partial charge in [0, 0.05) is 54.3 Å². The third-order valence-electron chi connectivity index (χ3n) is 2.73. The number of aromatic hydroxyl groups is 1. The summed E-state index contributed by atoms with van der Waals surface area (Å²) in [5.41, 5.74) is -1.61. The monoisotopic (exact) mass is 452 g/mol. The number of non-ortho nitro benzene ring substituents is 1. The molecule has 0 atom stereocenters. The van der Waals surface area contributed by atoms with Crippen LogP contribution in [0.15, 0.2) is 29.2 Å². The number of nitrogens with zero attached hydrogens (tertiary/aromatic N) is 2. The van der Waals surface area contributed by atoms with Crippen LogP contribution in [-0.4, -0.2) is 76.8 Å². The molecule has 0 aromatic heterocycles. The van der Waals surface area contributed by atoms with Gasteiger partial charge in [-0.3, -0.25) is 24.8 Å². The van der Waals surface area contributed by atoms with Gasteiger partial charge in [0.25, 0.3) is 15.8 Å². The van der Waals surface area contributed by atoms with Crippen molar-refractivity contribution < 1.29 is 27.9 Å². The van der Waals surface area contributed by atoms with E-state index in [0.29, 0.717) is 6.07 Å². The molecule has 0 aliphatic rings. The number of nitro benzene ring substituents is 2. The molecule has 2 aromatic carbocycles. The molecule has 2 rings (SSSR count). The molecular formula is C10H6BaN2O8S. The first-order valence-electron chi connectivity index (χ1n) is 5.19. The molecule has 0 spiro atoms. The molecule has 10 nitrogen and oxygen atoms in total. The third kappa shape index (κ3) is 3.40. The van der Waals surface area contributed by atoms with Crippen LogP contribution in [0.5, 0.6) is 5.75 Å². The van der Waals surface area contributed by atoms with Gasteiger partial charge < -0.3 is 5.11 Å². The van der Waals surface area contributed by atoms with Crippen LogP contribution in [0.3, 0.4) is 0 Å². The van der Waals surface area contributed by atoms with E-state index in [0.717, 1.165) is 18.2 Å². The Bertz CT molecular complexity index is 895. The maximum Gasteiger partial charge on any atom is 0.318 e. The van der Waals surface area contributed by atoms with E-state index in [2.05, 4.69) is 0 Å². The summed E-state index contributed by atoms with van der Waals surface area (Å²) in [6, 6.07) is 3.15. The second kappa shape index (κ2) is 6.49. The quantitative estimate of drug-likeness (QED) is 0.305. The van der Waals surface area contributed by atoms with Crippen LogP contribution in [0.4, 0.5) is 11.4 Å². The predicted octanol–water partition coefficient (Wildman–Crippen LogP) is 1.23. The molecule has 0 saturated carbocycles. The first kappa shape index (κ1) is 18.8.